The number of carbonyl (C=O) groups excluding carboxylic acids is 1. The summed E-state index contributed by atoms with van der Waals surface area (Å²) in [7, 11) is -3.78. The fraction of sp³-hybridized carbons (Fsp3) is 0.278. The van der Waals surface area contributed by atoms with Crippen LogP contribution in [-0.2, 0) is 10.0 Å². The zero-order chi connectivity index (χ0) is 19.6. The molecule has 0 unspecified atom stereocenters. The molecule has 0 spiro atoms. The molecule has 144 valence electrons. The molecule has 0 aliphatic carbocycles. The lowest BCUT2D eigenvalue weighted by Crippen LogP contribution is -2.35. The van der Waals surface area contributed by atoms with Crippen LogP contribution in [0, 0.1) is 5.82 Å². The van der Waals surface area contributed by atoms with Gasteiger partial charge in [-0.15, -0.1) is 0 Å². The van der Waals surface area contributed by atoms with Crippen molar-refractivity contribution in [2.45, 2.75) is 24.2 Å². The number of rotatable bonds is 4. The Morgan fingerprint density at radius 3 is 2.44 bits per heavy atom. The van der Waals surface area contributed by atoms with E-state index in [9.17, 15) is 17.6 Å². The largest absolute Gasteiger partial charge is 0.322 e. The molecule has 0 radical (unpaired) electrons. The third-order valence-corrected chi connectivity index (χ3v) is 6.91. The molecule has 27 heavy (non-hydrogen) atoms. The van der Waals surface area contributed by atoms with Gasteiger partial charge in [-0.3, -0.25) is 4.79 Å². The fourth-order valence-corrected chi connectivity index (χ4v) is 5.08. The predicted octanol–water partition coefficient (Wildman–Crippen LogP) is 4.56. The minimum atomic E-state index is -3.78. The zero-order valence-electron chi connectivity index (χ0n) is 14.2. The van der Waals surface area contributed by atoms with Gasteiger partial charge >= 0.3 is 0 Å². The third kappa shape index (κ3) is 4.43. The zero-order valence-corrected chi connectivity index (χ0v) is 16.5. The highest BCUT2D eigenvalue weighted by Gasteiger charge is 2.28. The van der Waals surface area contributed by atoms with Gasteiger partial charge in [-0.25, -0.2) is 12.8 Å². The van der Waals surface area contributed by atoms with Crippen molar-refractivity contribution in [2.24, 2.45) is 0 Å². The molecule has 1 heterocycles. The van der Waals surface area contributed by atoms with Crippen molar-refractivity contribution in [3.8, 4) is 0 Å². The predicted molar refractivity (Wildman–Crippen MR) is 103 cm³/mol. The van der Waals surface area contributed by atoms with Gasteiger partial charge in [0.25, 0.3) is 5.91 Å². The highest BCUT2D eigenvalue weighted by molar-refractivity contribution is 7.89. The standard InChI is InChI=1S/C18H17Cl2FN2O3S/c19-12-4-7-16(21)14(10-12)18(24)22-13-5-6-15(20)17(11-13)27(25,26)23-8-2-1-3-9-23/h4-7,10-11H,1-3,8-9H2,(H,22,24). The van der Waals surface area contributed by atoms with Crippen molar-refractivity contribution in [3.05, 3.63) is 57.8 Å². The van der Waals surface area contributed by atoms with E-state index >= 15 is 0 Å². The summed E-state index contributed by atoms with van der Waals surface area (Å²) >= 11 is 11.9. The first-order valence-corrected chi connectivity index (χ1v) is 10.5. The Kier molecular flexibility index (Phi) is 6.05. The van der Waals surface area contributed by atoms with E-state index in [-0.39, 0.29) is 26.2 Å². The molecule has 0 saturated carbocycles. The van der Waals surface area contributed by atoms with Gasteiger partial charge in [0.05, 0.1) is 10.6 Å². The van der Waals surface area contributed by atoms with Gasteiger partial charge in [-0.1, -0.05) is 29.6 Å². The molecule has 9 heteroatoms. The van der Waals surface area contributed by atoms with Crippen LogP contribution in [0.25, 0.3) is 0 Å². The number of amides is 1. The summed E-state index contributed by atoms with van der Waals surface area (Å²) in [4.78, 5) is 12.2. The molecule has 1 saturated heterocycles. The maximum atomic E-state index is 13.9. The van der Waals surface area contributed by atoms with E-state index in [1.54, 1.807) is 0 Å². The molecule has 5 nitrogen and oxygen atoms in total. The number of anilines is 1. The van der Waals surface area contributed by atoms with Crippen LogP contribution in [0.5, 0.6) is 0 Å². The van der Waals surface area contributed by atoms with Crippen LogP contribution in [-0.4, -0.2) is 31.7 Å². The highest BCUT2D eigenvalue weighted by Crippen LogP contribution is 2.29. The molecule has 1 aliphatic rings. The van der Waals surface area contributed by atoms with E-state index in [1.165, 1.54) is 34.6 Å². The molecule has 1 aliphatic heterocycles. The lowest BCUT2D eigenvalue weighted by atomic mass is 10.2. The molecular weight excluding hydrogens is 414 g/mol. The van der Waals surface area contributed by atoms with Crippen LogP contribution in [0.2, 0.25) is 10.0 Å². The number of benzene rings is 2. The summed E-state index contributed by atoms with van der Waals surface area (Å²) in [6, 6.07) is 7.75. The van der Waals surface area contributed by atoms with Crippen LogP contribution in [0.4, 0.5) is 10.1 Å². The van der Waals surface area contributed by atoms with Gasteiger partial charge in [-0.05, 0) is 49.2 Å². The average Bonchev–Trinajstić information content (AvgIpc) is 2.65. The molecule has 2 aromatic rings. The Hall–Kier alpha value is -1.67. The fourth-order valence-electron chi connectivity index (χ4n) is 2.89. The molecule has 3 rings (SSSR count). The first-order chi connectivity index (χ1) is 12.8. The molecule has 0 atom stereocenters. The van der Waals surface area contributed by atoms with Crippen molar-refractivity contribution >= 4 is 44.8 Å². The van der Waals surface area contributed by atoms with Crippen LogP contribution in [0.3, 0.4) is 0 Å². The lowest BCUT2D eigenvalue weighted by Gasteiger charge is -2.26. The number of nitrogens with one attached hydrogen (secondary N) is 1. The van der Waals surface area contributed by atoms with E-state index in [1.807, 2.05) is 0 Å². The van der Waals surface area contributed by atoms with E-state index in [0.717, 1.165) is 25.3 Å². The van der Waals surface area contributed by atoms with Crippen LogP contribution >= 0.6 is 23.2 Å². The van der Waals surface area contributed by atoms with Crippen molar-refractivity contribution in [2.75, 3.05) is 18.4 Å². The molecule has 1 fully saturated rings. The Labute approximate surface area is 167 Å². The third-order valence-electron chi connectivity index (χ3n) is 4.29. The average molecular weight is 431 g/mol. The first kappa shape index (κ1) is 20.1. The monoisotopic (exact) mass is 430 g/mol. The van der Waals surface area contributed by atoms with Gasteiger partial charge in [-0.2, -0.15) is 4.31 Å². The SMILES string of the molecule is O=C(Nc1ccc(Cl)c(S(=O)(=O)N2CCCCC2)c1)c1cc(Cl)ccc1F. The van der Waals surface area contributed by atoms with Gasteiger partial charge in [0.1, 0.15) is 10.7 Å². The van der Waals surface area contributed by atoms with E-state index in [4.69, 9.17) is 23.2 Å². The maximum Gasteiger partial charge on any atom is 0.258 e. The summed E-state index contributed by atoms with van der Waals surface area (Å²) in [6.45, 7) is 0.867. The van der Waals surface area contributed by atoms with Crippen molar-refractivity contribution < 1.29 is 17.6 Å². The molecule has 2 aromatic carbocycles. The number of hydrogen-bond acceptors (Lipinski definition) is 3. The summed E-state index contributed by atoms with van der Waals surface area (Å²) in [5, 5.41) is 2.77. The van der Waals surface area contributed by atoms with Gasteiger partial charge in [0, 0.05) is 23.8 Å². The molecular formula is C18H17Cl2FN2O3S. The second-order valence-corrected chi connectivity index (χ2v) is 8.94. The van der Waals surface area contributed by atoms with Gasteiger partial charge in [0.2, 0.25) is 10.0 Å². The Morgan fingerprint density at radius 1 is 1.04 bits per heavy atom. The number of halogens is 3. The molecule has 0 aromatic heterocycles. The van der Waals surface area contributed by atoms with E-state index in [2.05, 4.69) is 5.32 Å². The highest BCUT2D eigenvalue weighted by atomic mass is 35.5. The van der Waals surface area contributed by atoms with Crippen LogP contribution < -0.4 is 5.32 Å². The normalized spacial score (nSPS) is 15.5. The van der Waals surface area contributed by atoms with Crippen molar-refractivity contribution in [3.63, 3.8) is 0 Å². The number of carbonyl (C=O) groups is 1. The summed E-state index contributed by atoms with van der Waals surface area (Å²) < 4.78 is 41.0. The topological polar surface area (TPSA) is 66.5 Å². The molecule has 0 bridgehead atoms. The molecule has 1 amide bonds. The first-order valence-electron chi connectivity index (χ1n) is 8.35. The van der Waals surface area contributed by atoms with Crippen LogP contribution in [0.15, 0.2) is 41.3 Å². The van der Waals surface area contributed by atoms with Gasteiger partial charge < -0.3 is 5.32 Å². The summed E-state index contributed by atoms with van der Waals surface area (Å²) in [5.74, 6) is -1.47. The lowest BCUT2D eigenvalue weighted by molar-refractivity contribution is 0.102. The Balaban J connectivity index is 1.89. The maximum absolute atomic E-state index is 13.9. The van der Waals surface area contributed by atoms with E-state index < -0.39 is 21.7 Å². The second-order valence-electron chi connectivity index (χ2n) is 6.19. The van der Waals surface area contributed by atoms with Crippen molar-refractivity contribution in [1.29, 1.82) is 0 Å². The Bertz CT molecular complexity index is 977. The summed E-state index contributed by atoms with van der Waals surface area (Å²) in [6.07, 6.45) is 2.57. The van der Waals surface area contributed by atoms with E-state index in [0.29, 0.717) is 13.1 Å². The number of nitrogens with zero attached hydrogens (tertiary/aromatic N) is 1. The minimum Gasteiger partial charge on any atom is -0.322 e. The minimum absolute atomic E-state index is 0.0625. The van der Waals surface area contributed by atoms with Crippen LogP contribution in [0.1, 0.15) is 29.6 Å². The number of sulfonamides is 1. The second kappa shape index (κ2) is 8.14. The Morgan fingerprint density at radius 2 is 1.74 bits per heavy atom. The van der Waals surface area contributed by atoms with Crippen molar-refractivity contribution in [1.82, 2.24) is 4.31 Å². The van der Waals surface area contributed by atoms with Gasteiger partial charge in [0.15, 0.2) is 0 Å². The summed E-state index contributed by atoms with van der Waals surface area (Å²) in [5.41, 5.74) is -0.0442. The number of hydrogen-bond donors (Lipinski definition) is 1. The smallest absolute Gasteiger partial charge is 0.258 e. The molecule has 1 N–H and O–H groups in total. The number of piperidine rings is 1. The quantitative estimate of drug-likeness (QED) is 0.772.